The Hall–Kier alpha value is -2.53. The van der Waals surface area contributed by atoms with Crippen LogP contribution in [-0.2, 0) is 6.54 Å². The van der Waals surface area contributed by atoms with E-state index in [1.165, 1.54) is 0 Å². The number of nitrogens with zero attached hydrogens (tertiary/aromatic N) is 1. The van der Waals surface area contributed by atoms with Gasteiger partial charge >= 0.3 is 0 Å². The van der Waals surface area contributed by atoms with Gasteiger partial charge in [0.05, 0.1) is 6.54 Å². The number of aliphatic imine (C=N–C) groups is 1. The molecule has 2 aromatic carbocycles. The zero-order valence-electron chi connectivity index (χ0n) is 11.2. The summed E-state index contributed by atoms with van der Waals surface area (Å²) in [6.45, 7) is 0.390. The molecule has 0 aliphatic rings. The topological polar surface area (TPSA) is 93.5 Å². The van der Waals surface area contributed by atoms with E-state index in [9.17, 15) is 4.79 Å². The van der Waals surface area contributed by atoms with Crippen LogP contribution in [0.25, 0.3) is 0 Å². The minimum absolute atomic E-state index is 0.0413. The van der Waals surface area contributed by atoms with Crippen molar-refractivity contribution >= 4 is 29.2 Å². The molecule has 0 fully saturated rings. The Balaban J connectivity index is 2.02. The fourth-order valence-electron chi connectivity index (χ4n) is 1.68. The Bertz CT molecular complexity index is 646. The van der Waals surface area contributed by atoms with Gasteiger partial charge in [-0.25, -0.2) is 4.99 Å². The summed E-state index contributed by atoms with van der Waals surface area (Å²) >= 11 is 5.79. The van der Waals surface area contributed by atoms with Crippen LogP contribution in [0.3, 0.4) is 0 Å². The summed E-state index contributed by atoms with van der Waals surface area (Å²) in [5.74, 6) is -0.148. The van der Waals surface area contributed by atoms with Crippen LogP contribution < -0.4 is 16.8 Å². The van der Waals surface area contributed by atoms with E-state index in [4.69, 9.17) is 23.1 Å². The lowest BCUT2D eigenvalue weighted by Gasteiger charge is -2.06. The summed E-state index contributed by atoms with van der Waals surface area (Å²) in [5.41, 5.74) is 12.7. The Morgan fingerprint density at radius 1 is 1.05 bits per heavy atom. The van der Waals surface area contributed by atoms with E-state index in [0.29, 0.717) is 22.8 Å². The van der Waals surface area contributed by atoms with Crippen LogP contribution in [0.1, 0.15) is 15.9 Å². The third-order valence-corrected chi connectivity index (χ3v) is 3.01. The number of carbonyl (C=O) groups is 1. The molecule has 108 valence electrons. The normalized spacial score (nSPS) is 9.95. The molecule has 0 bridgehead atoms. The lowest BCUT2D eigenvalue weighted by molar-refractivity contribution is 0.102. The van der Waals surface area contributed by atoms with Gasteiger partial charge in [0.15, 0.2) is 5.96 Å². The summed E-state index contributed by atoms with van der Waals surface area (Å²) in [5, 5.41) is 3.41. The van der Waals surface area contributed by atoms with Gasteiger partial charge in [0.25, 0.3) is 5.91 Å². The second-order valence-electron chi connectivity index (χ2n) is 4.40. The van der Waals surface area contributed by atoms with Crippen LogP contribution >= 0.6 is 11.6 Å². The molecule has 0 spiro atoms. The number of nitrogens with one attached hydrogen (secondary N) is 1. The van der Waals surface area contributed by atoms with Gasteiger partial charge in [0.1, 0.15) is 0 Å². The highest BCUT2D eigenvalue weighted by Crippen LogP contribution is 2.15. The van der Waals surface area contributed by atoms with E-state index in [-0.39, 0.29) is 11.9 Å². The predicted molar refractivity (Wildman–Crippen MR) is 85.4 cm³/mol. The van der Waals surface area contributed by atoms with Crippen molar-refractivity contribution in [2.75, 3.05) is 5.32 Å². The van der Waals surface area contributed by atoms with E-state index >= 15 is 0 Å². The molecule has 5 N–H and O–H groups in total. The molecule has 0 saturated carbocycles. The number of benzene rings is 2. The van der Waals surface area contributed by atoms with Crippen molar-refractivity contribution in [3.05, 3.63) is 64.7 Å². The van der Waals surface area contributed by atoms with Crippen molar-refractivity contribution in [2.24, 2.45) is 16.5 Å². The highest BCUT2D eigenvalue weighted by atomic mass is 35.5. The third-order valence-electron chi connectivity index (χ3n) is 2.76. The van der Waals surface area contributed by atoms with Crippen LogP contribution in [-0.4, -0.2) is 11.9 Å². The minimum atomic E-state index is -0.189. The molecule has 0 aromatic heterocycles. The SMILES string of the molecule is NC(N)=NCc1ccc(C(=O)Nc2ccc(Cl)cc2)cc1. The van der Waals surface area contributed by atoms with Crippen molar-refractivity contribution < 1.29 is 4.79 Å². The summed E-state index contributed by atoms with van der Waals surface area (Å²) in [7, 11) is 0. The lowest BCUT2D eigenvalue weighted by Crippen LogP contribution is -2.22. The zero-order valence-corrected chi connectivity index (χ0v) is 12.0. The van der Waals surface area contributed by atoms with Crippen molar-refractivity contribution in [2.45, 2.75) is 6.54 Å². The molecule has 0 saturated heterocycles. The fourth-order valence-corrected chi connectivity index (χ4v) is 1.81. The largest absolute Gasteiger partial charge is 0.370 e. The number of guanidine groups is 1. The predicted octanol–water partition coefficient (Wildman–Crippen LogP) is 2.37. The number of nitrogens with two attached hydrogens (primary N) is 2. The molecule has 2 aromatic rings. The maximum atomic E-state index is 12.1. The molecule has 6 heteroatoms. The Kier molecular flexibility index (Phi) is 4.79. The standard InChI is InChI=1S/C15H15ClN4O/c16-12-5-7-13(8-6-12)20-14(21)11-3-1-10(2-4-11)9-19-15(17)18/h1-8H,9H2,(H,20,21)(H4,17,18,19). The quantitative estimate of drug-likeness (QED) is 0.598. The van der Waals surface area contributed by atoms with Crippen LogP contribution in [0.5, 0.6) is 0 Å². The fraction of sp³-hybridized carbons (Fsp3) is 0.0667. The Morgan fingerprint density at radius 3 is 2.24 bits per heavy atom. The van der Waals surface area contributed by atoms with Crippen LogP contribution in [0, 0.1) is 0 Å². The van der Waals surface area contributed by atoms with E-state index in [1.807, 2.05) is 12.1 Å². The van der Waals surface area contributed by atoms with Gasteiger partial charge in [-0.1, -0.05) is 23.7 Å². The highest BCUT2D eigenvalue weighted by molar-refractivity contribution is 6.30. The van der Waals surface area contributed by atoms with Gasteiger partial charge < -0.3 is 16.8 Å². The van der Waals surface area contributed by atoms with Crippen molar-refractivity contribution in [1.29, 1.82) is 0 Å². The molecule has 2 rings (SSSR count). The number of carbonyl (C=O) groups excluding carboxylic acids is 1. The molecular weight excluding hydrogens is 288 g/mol. The molecule has 0 radical (unpaired) electrons. The molecule has 1 amide bonds. The van der Waals surface area contributed by atoms with Gasteiger partial charge in [0.2, 0.25) is 0 Å². The first-order chi connectivity index (χ1) is 10.0. The molecule has 0 unspecified atom stereocenters. The van der Waals surface area contributed by atoms with Gasteiger partial charge in [0, 0.05) is 16.3 Å². The van der Waals surface area contributed by atoms with Crippen LogP contribution in [0.2, 0.25) is 5.02 Å². The first-order valence-electron chi connectivity index (χ1n) is 6.26. The molecule has 5 nitrogen and oxygen atoms in total. The number of halogens is 1. The summed E-state index contributed by atoms with van der Waals surface area (Å²) in [6.07, 6.45) is 0. The first kappa shape index (κ1) is 14.9. The average molecular weight is 303 g/mol. The highest BCUT2D eigenvalue weighted by Gasteiger charge is 2.05. The van der Waals surface area contributed by atoms with Crippen LogP contribution in [0.4, 0.5) is 5.69 Å². The maximum absolute atomic E-state index is 12.1. The number of hydrogen-bond donors (Lipinski definition) is 3. The van der Waals surface area contributed by atoms with E-state index < -0.39 is 0 Å². The lowest BCUT2D eigenvalue weighted by atomic mass is 10.1. The molecular formula is C15H15ClN4O. The second-order valence-corrected chi connectivity index (χ2v) is 4.84. The minimum Gasteiger partial charge on any atom is -0.370 e. The van der Waals surface area contributed by atoms with E-state index in [1.54, 1.807) is 36.4 Å². The summed E-state index contributed by atoms with van der Waals surface area (Å²) in [6, 6.07) is 14.0. The smallest absolute Gasteiger partial charge is 0.255 e. The van der Waals surface area contributed by atoms with Crippen molar-refractivity contribution in [3.63, 3.8) is 0 Å². The maximum Gasteiger partial charge on any atom is 0.255 e. The third kappa shape index (κ3) is 4.50. The van der Waals surface area contributed by atoms with E-state index in [2.05, 4.69) is 10.3 Å². The molecule has 0 atom stereocenters. The first-order valence-corrected chi connectivity index (χ1v) is 6.63. The molecule has 0 aliphatic heterocycles. The molecule has 0 aliphatic carbocycles. The monoisotopic (exact) mass is 302 g/mol. The average Bonchev–Trinajstić information content (AvgIpc) is 2.48. The van der Waals surface area contributed by atoms with Gasteiger partial charge in [-0.05, 0) is 42.0 Å². The number of amides is 1. The number of anilines is 1. The molecule has 0 heterocycles. The van der Waals surface area contributed by atoms with Crippen molar-refractivity contribution in [3.8, 4) is 0 Å². The Labute approximate surface area is 127 Å². The van der Waals surface area contributed by atoms with Crippen LogP contribution in [0.15, 0.2) is 53.5 Å². The zero-order chi connectivity index (χ0) is 15.2. The molecule has 21 heavy (non-hydrogen) atoms. The summed E-state index contributed by atoms with van der Waals surface area (Å²) in [4.78, 5) is 16.0. The number of hydrogen-bond acceptors (Lipinski definition) is 2. The summed E-state index contributed by atoms with van der Waals surface area (Å²) < 4.78 is 0. The van der Waals surface area contributed by atoms with Crippen molar-refractivity contribution in [1.82, 2.24) is 0 Å². The number of rotatable bonds is 4. The van der Waals surface area contributed by atoms with E-state index in [0.717, 1.165) is 5.56 Å². The van der Waals surface area contributed by atoms with Gasteiger partial charge in [-0.3, -0.25) is 4.79 Å². The Morgan fingerprint density at radius 2 is 1.67 bits per heavy atom. The van der Waals surface area contributed by atoms with Gasteiger partial charge in [-0.2, -0.15) is 0 Å². The second kappa shape index (κ2) is 6.76. The van der Waals surface area contributed by atoms with Gasteiger partial charge in [-0.15, -0.1) is 0 Å².